The summed E-state index contributed by atoms with van der Waals surface area (Å²) in [5.74, 6) is -0.271. The molecule has 7 heteroatoms. The van der Waals surface area contributed by atoms with Gasteiger partial charge in [0.2, 0.25) is 5.76 Å². The van der Waals surface area contributed by atoms with Crippen molar-refractivity contribution < 1.29 is 14.3 Å². The Bertz CT molecular complexity index is 1520. The zero-order valence-corrected chi connectivity index (χ0v) is 18.2. The number of carbonyl (C=O) groups is 1. The molecule has 0 aliphatic carbocycles. The number of benzene rings is 2. The maximum absolute atomic E-state index is 13.4. The standard InChI is InChI=1S/C25H20N2O4S/c1-2-18-13-20-23(32-18)26-22(12-16-8-5-7-15-6-3-4-9-19(15)16)27(24(20)28)14-17-10-11-21(31-17)25(29)30/h3-11,13H,2,12,14H2,1H3,(H,29,30). The van der Waals surface area contributed by atoms with Crippen LogP contribution in [0, 0.1) is 0 Å². The van der Waals surface area contributed by atoms with Gasteiger partial charge in [-0.05, 0) is 41.0 Å². The first-order valence-electron chi connectivity index (χ1n) is 10.3. The minimum Gasteiger partial charge on any atom is -0.475 e. The second-order valence-corrected chi connectivity index (χ2v) is 8.71. The van der Waals surface area contributed by atoms with Gasteiger partial charge in [0.25, 0.3) is 5.56 Å². The number of hydrogen-bond acceptors (Lipinski definition) is 5. The number of furan rings is 1. The number of aromatic carboxylic acids is 1. The van der Waals surface area contributed by atoms with Crippen LogP contribution in [0.5, 0.6) is 0 Å². The van der Waals surface area contributed by atoms with Gasteiger partial charge in [0.05, 0.1) is 11.9 Å². The van der Waals surface area contributed by atoms with Crippen LogP contribution in [0.4, 0.5) is 0 Å². The molecule has 0 spiro atoms. The molecule has 32 heavy (non-hydrogen) atoms. The van der Waals surface area contributed by atoms with Crippen LogP contribution in [0.2, 0.25) is 0 Å². The molecule has 0 saturated heterocycles. The van der Waals surface area contributed by atoms with Crippen LogP contribution in [-0.2, 0) is 19.4 Å². The molecule has 0 bridgehead atoms. The van der Waals surface area contributed by atoms with Crippen LogP contribution < -0.4 is 5.56 Å². The fraction of sp³-hybridized carbons (Fsp3) is 0.160. The topological polar surface area (TPSA) is 85.3 Å². The van der Waals surface area contributed by atoms with Crippen molar-refractivity contribution >= 4 is 38.3 Å². The minimum atomic E-state index is -1.14. The lowest BCUT2D eigenvalue weighted by Gasteiger charge is -2.13. The largest absolute Gasteiger partial charge is 0.475 e. The van der Waals surface area contributed by atoms with E-state index in [1.807, 2.05) is 30.3 Å². The molecule has 0 radical (unpaired) electrons. The van der Waals surface area contributed by atoms with Crippen LogP contribution >= 0.6 is 11.3 Å². The zero-order chi connectivity index (χ0) is 22.2. The van der Waals surface area contributed by atoms with E-state index >= 15 is 0 Å². The number of carboxylic acids is 1. The number of nitrogens with zero attached hydrogens (tertiary/aromatic N) is 2. The second-order valence-electron chi connectivity index (χ2n) is 7.59. The van der Waals surface area contributed by atoms with E-state index in [1.165, 1.54) is 17.4 Å². The smallest absolute Gasteiger partial charge is 0.371 e. The maximum Gasteiger partial charge on any atom is 0.371 e. The van der Waals surface area contributed by atoms with Gasteiger partial charge in [0.1, 0.15) is 16.4 Å². The molecule has 5 rings (SSSR count). The lowest BCUT2D eigenvalue weighted by atomic mass is 10.0. The average molecular weight is 445 g/mol. The van der Waals surface area contributed by atoms with Crippen molar-refractivity contribution in [2.75, 3.05) is 0 Å². The predicted molar refractivity (Wildman–Crippen MR) is 125 cm³/mol. The average Bonchev–Trinajstić information content (AvgIpc) is 3.44. The highest BCUT2D eigenvalue weighted by Crippen LogP contribution is 2.25. The highest BCUT2D eigenvalue weighted by Gasteiger charge is 2.17. The van der Waals surface area contributed by atoms with Crippen molar-refractivity contribution in [1.82, 2.24) is 9.55 Å². The van der Waals surface area contributed by atoms with Crippen molar-refractivity contribution in [3.8, 4) is 0 Å². The van der Waals surface area contributed by atoms with E-state index in [2.05, 4.69) is 25.1 Å². The number of aromatic nitrogens is 2. The fourth-order valence-electron chi connectivity index (χ4n) is 3.93. The van der Waals surface area contributed by atoms with Gasteiger partial charge in [-0.1, -0.05) is 49.4 Å². The monoisotopic (exact) mass is 444 g/mol. The van der Waals surface area contributed by atoms with Crippen molar-refractivity contribution in [2.24, 2.45) is 0 Å². The molecule has 0 aliphatic heterocycles. The summed E-state index contributed by atoms with van der Waals surface area (Å²) < 4.78 is 7.03. The highest BCUT2D eigenvalue weighted by atomic mass is 32.1. The number of fused-ring (bicyclic) bond motifs is 2. The van der Waals surface area contributed by atoms with E-state index in [4.69, 9.17) is 14.5 Å². The van der Waals surface area contributed by atoms with Gasteiger partial charge in [0, 0.05) is 11.3 Å². The van der Waals surface area contributed by atoms with Crippen molar-refractivity contribution in [2.45, 2.75) is 26.3 Å². The Morgan fingerprint density at radius 1 is 1.09 bits per heavy atom. The number of carboxylic acid groups (broad SMARTS) is 1. The summed E-state index contributed by atoms with van der Waals surface area (Å²) in [5.41, 5.74) is 0.926. The summed E-state index contributed by atoms with van der Waals surface area (Å²) in [4.78, 5) is 31.3. The van der Waals surface area contributed by atoms with Gasteiger partial charge in [-0.15, -0.1) is 11.3 Å². The molecule has 2 aromatic carbocycles. The summed E-state index contributed by atoms with van der Waals surface area (Å²) in [6.07, 6.45) is 1.30. The second kappa shape index (κ2) is 8.09. The number of rotatable bonds is 6. The van der Waals surface area contributed by atoms with E-state index in [9.17, 15) is 9.59 Å². The molecule has 160 valence electrons. The summed E-state index contributed by atoms with van der Waals surface area (Å²) in [7, 11) is 0. The van der Waals surface area contributed by atoms with E-state index < -0.39 is 5.97 Å². The molecule has 0 unspecified atom stereocenters. The molecular formula is C25H20N2O4S. The quantitative estimate of drug-likeness (QED) is 0.394. The first-order chi connectivity index (χ1) is 15.5. The Kier molecular flexibility index (Phi) is 5.11. The van der Waals surface area contributed by atoms with E-state index in [1.54, 1.807) is 10.6 Å². The molecule has 0 atom stereocenters. The Labute approximate surface area is 187 Å². The van der Waals surface area contributed by atoms with Crippen LogP contribution in [-0.4, -0.2) is 20.6 Å². The van der Waals surface area contributed by atoms with Crippen molar-refractivity contribution in [3.05, 3.63) is 98.8 Å². The summed E-state index contributed by atoms with van der Waals surface area (Å²) in [5, 5.41) is 12.0. The van der Waals surface area contributed by atoms with Crippen LogP contribution in [0.15, 0.2) is 69.9 Å². The Balaban J connectivity index is 1.66. The molecule has 5 aromatic rings. The summed E-state index contributed by atoms with van der Waals surface area (Å²) in [6, 6.07) is 19.1. The van der Waals surface area contributed by atoms with E-state index in [-0.39, 0.29) is 17.9 Å². The highest BCUT2D eigenvalue weighted by molar-refractivity contribution is 7.18. The van der Waals surface area contributed by atoms with Gasteiger partial charge < -0.3 is 9.52 Å². The molecule has 0 fully saturated rings. The summed E-state index contributed by atoms with van der Waals surface area (Å²) in [6.45, 7) is 2.17. The Hall–Kier alpha value is -3.71. The molecule has 0 amide bonds. The molecule has 3 aromatic heterocycles. The van der Waals surface area contributed by atoms with Gasteiger partial charge in [-0.2, -0.15) is 0 Å². The van der Waals surface area contributed by atoms with Crippen molar-refractivity contribution in [1.29, 1.82) is 0 Å². The van der Waals surface area contributed by atoms with Gasteiger partial charge in [0.15, 0.2) is 0 Å². The van der Waals surface area contributed by atoms with Crippen LogP contribution in [0.25, 0.3) is 21.0 Å². The third kappa shape index (κ3) is 3.61. The molecule has 3 heterocycles. The molecular weight excluding hydrogens is 424 g/mol. The minimum absolute atomic E-state index is 0.118. The van der Waals surface area contributed by atoms with E-state index in [0.717, 1.165) is 32.5 Å². The molecule has 0 saturated carbocycles. The molecule has 1 N–H and O–H groups in total. The predicted octanol–water partition coefficient (Wildman–Crippen LogP) is 5.10. The first kappa shape index (κ1) is 20.2. The Morgan fingerprint density at radius 2 is 1.91 bits per heavy atom. The third-order valence-corrected chi connectivity index (χ3v) is 6.72. The van der Waals surface area contributed by atoms with Gasteiger partial charge in [-0.25, -0.2) is 9.78 Å². The lowest BCUT2D eigenvalue weighted by Crippen LogP contribution is -2.25. The van der Waals surface area contributed by atoms with Gasteiger partial charge in [-0.3, -0.25) is 9.36 Å². The summed E-state index contributed by atoms with van der Waals surface area (Å²) >= 11 is 1.54. The first-order valence-corrected chi connectivity index (χ1v) is 11.2. The van der Waals surface area contributed by atoms with Crippen LogP contribution in [0.3, 0.4) is 0 Å². The van der Waals surface area contributed by atoms with Crippen molar-refractivity contribution in [3.63, 3.8) is 0 Å². The normalized spacial score (nSPS) is 11.4. The van der Waals surface area contributed by atoms with Crippen LogP contribution in [0.1, 0.15) is 39.5 Å². The third-order valence-electron chi connectivity index (χ3n) is 5.54. The van der Waals surface area contributed by atoms with E-state index in [0.29, 0.717) is 23.4 Å². The number of hydrogen-bond donors (Lipinski definition) is 1. The SMILES string of the molecule is CCc1cc2c(=O)n(Cc3ccc(C(=O)O)o3)c(Cc3cccc4ccccc34)nc2s1. The molecule has 0 aliphatic rings. The number of aryl methyl sites for hydroxylation is 1. The number of thiophene rings is 1. The molecule has 6 nitrogen and oxygen atoms in total. The zero-order valence-electron chi connectivity index (χ0n) is 17.4. The Morgan fingerprint density at radius 3 is 2.69 bits per heavy atom. The maximum atomic E-state index is 13.4. The van der Waals surface area contributed by atoms with Gasteiger partial charge >= 0.3 is 5.97 Å². The fourth-order valence-corrected chi connectivity index (χ4v) is 4.91. The lowest BCUT2D eigenvalue weighted by molar-refractivity contribution is 0.0660.